The molecule has 2 aliphatic rings. The molecule has 65 heavy (non-hydrogen) atoms. The van der Waals surface area contributed by atoms with Crippen LogP contribution in [0.2, 0.25) is 0 Å². The SMILES string of the molecule is CC(=O)OC[C@H]1O[C@H](OC[C@H]2O[C@H](OC(=N)C(Cl)(Cl)Cl)[C@@H](OC(=O)c3ccccc3)[C@@H](OC(=O)c3ccccc3)[C@@H]2OC(=O)c2ccccc2)[C@@H](OC(C)=O)[C@@H](OC(C)=O)[C@@H]1OC(C)=O. The van der Waals surface area contributed by atoms with Gasteiger partial charge in [0, 0.05) is 27.7 Å². The molecule has 348 valence electrons. The summed E-state index contributed by atoms with van der Waals surface area (Å²) in [5, 5.41) is 8.44. The van der Waals surface area contributed by atoms with Crippen molar-refractivity contribution in [3.8, 4) is 0 Å². The third-order valence-corrected chi connectivity index (χ3v) is 9.73. The molecule has 2 heterocycles. The number of ether oxygens (including phenoxy) is 11. The lowest BCUT2D eigenvalue weighted by molar-refractivity contribution is -0.326. The van der Waals surface area contributed by atoms with Crippen molar-refractivity contribution in [2.45, 2.75) is 92.9 Å². The van der Waals surface area contributed by atoms with E-state index in [9.17, 15) is 33.6 Å². The third-order valence-electron chi connectivity index (χ3n) is 9.21. The zero-order valence-corrected chi connectivity index (χ0v) is 37.1. The predicted molar refractivity (Wildman–Crippen MR) is 223 cm³/mol. The maximum Gasteiger partial charge on any atom is 0.338 e. The van der Waals surface area contributed by atoms with Gasteiger partial charge >= 0.3 is 41.8 Å². The first-order valence-electron chi connectivity index (χ1n) is 19.5. The Hall–Kier alpha value is -5.83. The molecule has 19 nitrogen and oxygen atoms in total. The van der Waals surface area contributed by atoms with E-state index in [0.717, 1.165) is 27.7 Å². The maximum absolute atomic E-state index is 13.9. The summed E-state index contributed by atoms with van der Waals surface area (Å²) in [5.74, 6) is -7.62. The Morgan fingerprint density at radius 2 is 0.831 bits per heavy atom. The van der Waals surface area contributed by atoms with Gasteiger partial charge in [-0.3, -0.25) is 24.6 Å². The van der Waals surface area contributed by atoms with Crippen molar-refractivity contribution in [2.75, 3.05) is 13.2 Å². The minimum atomic E-state index is -2.54. The molecular formula is C43H42Cl3NO18. The number of halogens is 3. The quantitative estimate of drug-likeness (QED) is 0.0703. The van der Waals surface area contributed by atoms with E-state index in [-0.39, 0.29) is 16.7 Å². The fourth-order valence-corrected chi connectivity index (χ4v) is 6.64. The average Bonchev–Trinajstić information content (AvgIpc) is 3.25. The molecule has 1 N–H and O–H groups in total. The number of alkyl halides is 3. The van der Waals surface area contributed by atoms with Gasteiger partial charge in [-0.05, 0) is 36.4 Å². The first-order valence-corrected chi connectivity index (χ1v) is 20.6. The molecular weight excluding hydrogens is 925 g/mol. The molecule has 3 aromatic carbocycles. The van der Waals surface area contributed by atoms with Gasteiger partial charge in [-0.2, -0.15) is 0 Å². The molecule has 0 radical (unpaired) electrons. The van der Waals surface area contributed by atoms with E-state index in [4.69, 9.17) is 92.3 Å². The Morgan fingerprint density at radius 1 is 0.477 bits per heavy atom. The van der Waals surface area contributed by atoms with E-state index in [1.54, 1.807) is 54.6 Å². The van der Waals surface area contributed by atoms with Crippen LogP contribution in [0.4, 0.5) is 0 Å². The number of hydrogen-bond donors (Lipinski definition) is 1. The van der Waals surface area contributed by atoms with E-state index in [1.165, 1.54) is 36.4 Å². The van der Waals surface area contributed by atoms with Crippen LogP contribution in [-0.4, -0.2) is 126 Å². The van der Waals surface area contributed by atoms with Gasteiger partial charge in [-0.25, -0.2) is 14.4 Å². The Kier molecular flexibility index (Phi) is 17.7. The number of nitrogens with one attached hydrogen (secondary N) is 1. The van der Waals surface area contributed by atoms with Crippen molar-refractivity contribution in [3.63, 3.8) is 0 Å². The highest BCUT2D eigenvalue weighted by atomic mass is 35.6. The molecule has 0 spiro atoms. The van der Waals surface area contributed by atoms with Crippen LogP contribution >= 0.6 is 34.8 Å². The topological polar surface area (TPSA) is 245 Å². The Bertz CT molecular complexity index is 2180. The van der Waals surface area contributed by atoms with Gasteiger partial charge in [-0.15, -0.1) is 0 Å². The molecule has 5 rings (SSSR count). The van der Waals surface area contributed by atoms with Crippen molar-refractivity contribution in [3.05, 3.63) is 108 Å². The third kappa shape index (κ3) is 14.1. The van der Waals surface area contributed by atoms with Gasteiger partial charge in [-0.1, -0.05) is 89.4 Å². The van der Waals surface area contributed by atoms with E-state index >= 15 is 0 Å². The van der Waals surface area contributed by atoms with Gasteiger partial charge in [0.25, 0.3) is 3.79 Å². The largest absolute Gasteiger partial charge is 0.463 e. The molecule has 0 saturated carbocycles. The summed E-state index contributed by atoms with van der Waals surface area (Å²) in [6.45, 7) is 2.75. The number of benzene rings is 3. The van der Waals surface area contributed by atoms with Gasteiger partial charge in [0.15, 0.2) is 36.8 Å². The van der Waals surface area contributed by atoms with Crippen LogP contribution < -0.4 is 0 Å². The van der Waals surface area contributed by atoms with Crippen LogP contribution in [0.5, 0.6) is 0 Å². The average molecular weight is 967 g/mol. The van der Waals surface area contributed by atoms with Crippen LogP contribution in [-0.2, 0) is 71.3 Å². The standard InChI is InChI=1S/C43H42Cl3NO18/c1-22(48)55-20-29-31(57-23(2)49)33(58-24(3)50)35(59-25(4)51)40(60-29)56-21-30-32(62-37(52)26-14-8-5-9-15-26)34(63-38(53)27-16-10-6-11-17-27)36(41(61-30)65-42(47)43(44,45)46)64-39(54)28-18-12-7-13-19-28/h5-19,29-36,40-41,47H,20-21H2,1-4H3/t29-,30-,31-,32-,33+,34+,35+,36+,40+,41-/m1/s1. The number of esters is 7. The zero-order chi connectivity index (χ0) is 47.4. The van der Waals surface area contributed by atoms with Crippen LogP contribution in [0.3, 0.4) is 0 Å². The molecule has 0 bridgehead atoms. The van der Waals surface area contributed by atoms with E-state index in [1.807, 2.05) is 0 Å². The fourth-order valence-electron chi connectivity index (χ4n) is 6.50. The van der Waals surface area contributed by atoms with Crippen molar-refractivity contribution in [2.24, 2.45) is 0 Å². The van der Waals surface area contributed by atoms with Crippen LogP contribution in [0.25, 0.3) is 0 Å². The summed E-state index contributed by atoms with van der Waals surface area (Å²) in [6.07, 6.45) is -17.5. The van der Waals surface area contributed by atoms with Gasteiger partial charge in [0.05, 0.1) is 23.3 Å². The van der Waals surface area contributed by atoms with Gasteiger partial charge < -0.3 is 52.1 Å². The Balaban J connectivity index is 1.63. The lowest BCUT2D eigenvalue weighted by Crippen LogP contribution is -2.65. The minimum absolute atomic E-state index is 0.00258. The Morgan fingerprint density at radius 3 is 1.28 bits per heavy atom. The van der Waals surface area contributed by atoms with Crippen LogP contribution in [0.1, 0.15) is 58.8 Å². The molecule has 2 saturated heterocycles. The number of carbonyl (C=O) groups excluding carboxylic acids is 7. The second-order valence-electron chi connectivity index (χ2n) is 14.1. The van der Waals surface area contributed by atoms with Crippen molar-refractivity contribution in [1.29, 1.82) is 5.41 Å². The molecule has 22 heteroatoms. The molecule has 2 aliphatic heterocycles. The van der Waals surface area contributed by atoms with Crippen LogP contribution in [0.15, 0.2) is 91.0 Å². The lowest BCUT2D eigenvalue weighted by Gasteiger charge is -2.46. The smallest absolute Gasteiger partial charge is 0.338 e. The molecule has 0 unspecified atom stereocenters. The van der Waals surface area contributed by atoms with E-state index in [0.29, 0.717) is 0 Å². The minimum Gasteiger partial charge on any atom is -0.463 e. The second kappa shape index (κ2) is 22.9. The Labute approximate surface area is 386 Å². The fraction of sp³-hybridized carbons (Fsp3) is 0.395. The highest BCUT2D eigenvalue weighted by Gasteiger charge is 2.57. The van der Waals surface area contributed by atoms with Gasteiger partial charge in [0.1, 0.15) is 18.8 Å². The van der Waals surface area contributed by atoms with Gasteiger partial charge in [0.2, 0.25) is 18.3 Å². The van der Waals surface area contributed by atoms with Crippen LogP contribution in [0, 0.1) is 5.41 Å². The monoisotopic (exact) mass is 965 g/mol. The highest BCUT2D eigenvalue weighted by molar-refractivity contribution is 6.76. The molecule has 0 aromatic heterocycles. The number of carbonyl (C=O) groups is 7. The second-order valence-corrected chi connectivity index (χ2v) is 16.4. The summed E-state index contributed by atoms with van der Waals surface area (Å²) in [5.41, 5.74) is 0.00826. The molecule has 3 aromatic rings. The molecule has 10 atom stereocenters. The molecule has 2 fully saturated rings. The molecule has 0 aliphatic carbocycles. The van der Waals surface area contributed by atoms with Crippen molar-refractivity contribution >= 4 is 82.5 Å². The summed E-state index contributed by atoms with van der Waals surface area (Å²) in [7, 11) is 0. The van der Waals surface area contributed by atoms with E-state index < -0.39 is 126 Å². The first kappa shape index (κ1) is 50.2. The van der Waals surface area contributed by atoms with Crippen molar-refractivity contribution < 1.29 is 85.7 Å². The lowest BCUT2D eigenvalue weighted by atomic mass is 9.97. The van der Waals surface area contributed by atoms with E-state index in [2.05, 4.69) is 0 Å². The highest BCUT2D eigenvalue weighted by Crippen LogP contribution is 2.36. The summed E-state index contributed by atoms with van der Waals surface area (Å²) < 4.78 is 61.2. The summed E-state index contributed by atoms with van der Waals surface area (Å²) in [4.78, 5) is 90.9. The molecule has 0 amide bonds. The predicted octanol–water partition coefficient (Wildman–Crippen LogP) is 4.85. The zero-order valence-electron chi connectivity index (χ0n) is 34.8. The normalized spacial score (nSPS) is 25.1. The number of rotatable bonds is 15. The number of hydrogen-bond acceptors (Lipinski definition) is 19. The maximum atomic E-state index is 13.9. The summed E-state index contributed by atoms with van der Waals surface area (Å²) in [6, 6.07) is 22.6. The summed E-state index contributed by atoms with van der Waals surface area (Å²) >= 11 is 18.0. The first-order chi connectivity index (χ1) is 30.8. The van der Waals surface area contributed by atoms with Crippen molar-refractivity contribution in [1.82, 2.24) is 0 Å².